The summed E-state index contributed by atoms with van der Waals surface area (Å²) in [6.45, 7) is 0. The second-order valence-corrected chi connectivity index (χ2v) is 5.23. The zero-order valence-electron chi connectivity index (χ0n) is 10.1. The first-order valence-corrected chi connectivity index (χ1v) is 6.75. The van der Waals surface area contributed by atoms with Gasteiger partial charge in [-0.2, -0.15) is 13.2 Å². The molecule has 0 aliphatic carbocycles. The molecule has 19 heavy (non-hydrogen) atoms. The van der Waals surface area contributed by atoms with E-state index in [-0.39, 0.29) is 10.5 Å². The number of aryl methyl sites for hydroxylation is 1. The monoisotopic (exact) mass is 289 g/mol. The number of alkyl halides is 3. The van der Waals surface area contributed by atoms with Crippen molar-refractivity contribution >= 4 is 10.8 Å². The molecule has 2 aromatic rings. The van der Waals surface area contributed by atoms with E-state index in [1.807, 2.05) is 0 Å². The molecule has 0 saturated carbocycles. The molecule has 0 saturated heterocycles. The molecule has 8 heteroatoms. The molecule has 1 unspecified atom stereocenters. The van der Waals surface area contributed by atoms with E-state index >= 15 is 0 Å². The molecule has 0 radical (unpaired) electrons. The summed E-state index contributed by atoms with van der Waals surface area (Å²) < 4.78 is 51.2. The predicted octanol–water partition coefficient (Wildman–Crippen LogP) is 2.24. The number of hydrogen-bond donors (Lipinski definition) is 0. The molecule has 0 aliphatic heterocycles. The smallest absolute Gasteiger partial charge is 0.334 e. The highest BCUT2D eigenvalue weighted by atomic mass is 32.2. The summed E-state index contributed by atoms with van der Waals surface area (Å²) in [6, 6.07) is 0.874. The maximum absolute atomic E-state index is 12.7. The number of pyridine rings is 1. The number of imidazole rings is 1. The van der Waals surface area contributed by atoms with Crippen molar-refractivity contribution in [2.75, 3.05) is 6.26 Å². The van der Waals surface area contributed by atoms with Crippen LogP contribution in [0.4, 0.5) is 13.2 Å². The summed E-state index contributed by atoms with van der Waals surface area (Å²) in [5.74, 6) is 0.318. The van der Waals surface area contributed by atoms with Crippen LogP contribution in [-0.4, -0.2) is 25.0 Å². The Bertz CT molecular complexity index is 636. The van der Waals surface area contributed by atoms with Crippen molar-refractivity contribution in [1.82, 2.24) is 14.5 Å². The Hall–Kier alpha value is -1.70. The third-order valence-electron chi connectivity index (χ3n) is 2.53. The minimum atomic E-state index is -4.55. The van der Waals surface area contributed by atoms with Gasteiger partial charge in [0.25, 0.3) is 0 Å². The fraction of sp³-hybridized carbons (Fsp3) is 0.273. The van der Waals surface area contributed by atoms with Crippen LogP contribution in [0.5, 0.6) is 0 Å². The van der Waals surface area contributed by atoms with Gasteiger partial charge in [-0.3, -0.25) is 9.19 Å². The van der Waals surface area contributed by atoms with Crippen molar-refractivity contribution in [2.24, 2.45) is 7.05 Å². The number of hydrogen-bond acceptors (Lipinski definition) is 3. The second-order valence-electron chi connectivity index (χ2n) is 3.88. The van der Waals surface area contributed by atoms with E-state index in [0.717, 1.165) is 12.3 Å². The molecule has 0 N–H and O–H groups in total. The first-order chi connectivity index (χ1) is 8.80. The highest BCUT2D eigenvalue weighted by Crippen LogP contribution is 2.32. The lowest BCUT2D eigenvalue weighted by Gasteiger charge is -2.11. The van der Waals surface area contributed by atoms with E-state index in [2.05, 4.69) is 9.97 Å². The maximum atomic E-state index is 12.7. The molecular weight excluding hydrogens is 279 g/mol. The molecule has 0 bridgehead atoms. The quantitative estimate of drug-likeness (QED) is 0.852. The molecule has 2 heterocycles. The fourth-order valence-corrected chi connectivity index (χ4v) is 2.29. The van der Waals surface area contributed by atoms with Crippen molar-refractivity contribution in [3.05, 3.63) is 30.4 Å². The molecule has 0 amide bonds. The normalized spacial score (nSPS) is 13.5. The summed E-state index contributed by atoms with van der Waals surface area (Å²) in [5.41, 5.74) is -0.852. The van der Waals surface area contributed by atoms with Crippen LogP contribution in [0, 0.1) is 0 Å². The SMILES string of the molecule is Cn1ccnc1-c1cc(C(F)(F)F)ncc1S(C)=O. The molecule has 0 aromatic carbocycles. The lowest BCUT2D eigenvalue weighted by atomic mass is 10.2. The van der Waals surface area contributed by atoms with E-state index in [1.165, 1.54) is 12.5 Å². The Labute approximate surface area is 109 Å². The van der Waals surface area contributed by atoms with Gasteiger partial charge in [-0.15, -0.1) is 0 Å². The van der Waals surface area contributed by atoms with Gasteiger partial charge in [0.1, 0.15) is 11.5 Å². The van der Waals surface area contributed by atoms with Crippen molar-refractivity contribution in [3.8, 4) is 11.4 Å². The van der Waals surface area contributed by atoms with Gasteiger partial charge >= 0.3 is 6.18 Å². The third kappa shape index (κ3) is 2.67. The maximum Gasteiger partial charge on any atom is 0.433 e. The van der Waals surface area contributed by atoms with E-state index in [9.17, 15) is 17.4 Å². The van der Waals surface area contributed by atoms with Crippen LogP contribution in [0.25, 0.3) is 11.4 Å². The molecule has 1 atom stereocenters. The van der Waals surface area contributed by atoms with Crippen LogP contribution < -0.4 is 0 Å². The summed E-state index contributed by atoms with van der Waals surface area (Å²) in [5, 5.41) is 0. The van der Waals surface area contributed by atoms with Gasteiger partial charge in [-0.05, 0) is 6.07 Å². The Balaban J connectivity index is 2.68. The summed E-state index contributed by atoms with van der Waals surface area (Å²) in [4.78, 5) is 7.53. The number of nitrogens with zero attached hydrogens (tertiary/aromatic N) is 3. The van der Waals surface area contributed by atoms with Crippen LogP contribution in [0.2, 0.25) is 0 Å². The van der Waals surface area contributed by atoms with Crippen molar-refractivity contribution in [2.45, 2.75) is 11.1 Å². The largest absolute Gasteiger partial charge is 0.433 e. The predicted molar refractivity (Wildman–Crippen MR) is 63.8 cm³/mol. The van der Waals surface area contributed by atoms with Crippen LogP contribution in [0.15, 0.2) is 29.6 Å². The van der Waals surface area contributed by atoms with E-state index in [1.54, 1.807) is 17.8 Å². The average molecular weight is 289 g/mol. The molecule has 4 nitrogen and oxygen atoms in total. The molecule has 2 aromatic heterocycles. The molecular formula is C11H10F3N3OS. The summed E-state index contributed by atoms with van der Waals surface area (Å²) in [7, 11) is 0.200. The minimum Gasteiger partial charge on any atom is -0.334 e. The van der Waals surface area contributed by atoms with Crippen LogP contribution in [-0.2, 0) is 24.0 Å². The van der Waals surface area contributed by atoms with Gasteiger partial charge in [0.05, 0.1) is 15.7 Å². The van der Waals surface area contributed by atoms with Crippen molar-refractivity contribution < 1.29 is 17.4 Å². The van der Waals surface area contributed by atoms with E-state index in [0.29, 0.717) is 5.82 Å². The third-order valence-corrected chi connectivity index (χ3v) is 3.47. The summed E-state index contributed by atoms with van der Waals surface area (Å²) in [6.07, 6.45) is 0.893. The zero-order valence-corrected chi connectivity index (χ0v) is 10.9. The van der Waals surface area contributed by atoms with Gasteiger partial charge in [-0.25, -0.2) is 4.98 Å². The van der Waals surface area contributed by atoms with E-state index < -0.39 is 22.7 Å². The first kappa shape index (κ1) is 13.7. The van der Waals surface area contributed by atoms with Crippen molar-refractivity contribution in [1.29, 1.82) is 0 Å². The van der Waals surface area contributed by atoms with Crippen LogP contribution >= 0.6 is 0 Å². The number of halogens is 3. The van der Waals surface area contributed by atoms with Gasteiger partial charge in [0, 0.05) is 37.5 Å². The van der Waals surface area contributed by atoms with Crippen LogP contribution in [0.1, 0.15) is 5.69 Å². The standard InChI is InChI=1S/C11H10F3N3OS/c1-17-4-3-15-10(17)7-5-9(11(12,13)14)16-6-8(7)19(2)18/h3-6H,1-2H3. The van der Waals surface area contributed by atoms with Gasteiger partial charge in [0.15, 0.2) is 0 Å². The van der Waals surface area contributed by atoms with Gasteiger partial charge < -0.3 is 4.57 Å². The minimum absolute atomic E-state index is 0.177. The first-order valence-electron chi connectivity index (χ1n) is 5.19. The van der Waals surface area contributed by atoms with Gasteiger partial charge in [-0.1, -0.05) is 0 Å². The Morgan fingerprint density at radius 1 is 1.32 bits per heavy atom. The molecule has 102 valence electrons. The highest BCUT2D eigenvalue weighted by Gasteiger charge is 2.33. The fourth-order valence-electron chi connectivity index (χ4n) is 1.63. The lowest BCUT2D eigenvalue weighted by molar-refractivity contribution is -0.141. The van der Waals surface area contributed by atoms with Gasteiger partial charge in [0.2, 0.25) is 0 Å². The Morgan fingerprint density at radius 3 is 2.47 bits per heavy atom. The Kier molecular flexibility index (Phi) is 3.44. The Morgan fingerprint density at radius 2 is 2.00 bits per heavy atom. The molecule has 0 spiro atoms. The molecule has 0 aliphatic rings. The molecule has 0 fully saturated rings. The molecule has 2 rings (SSSR count). The topological polar surface area (TPSA) is 47.8 Å². The zero-order chi connectivity index (χ0) is 14.2. The lowest BCUT2D eigenvalue weighted by Crippen LogP contribution is -2.10. The number of aromatic nitrogens is 3. The number of rotatable bonds is 2. The van der Waals surface area contributed by atoms with E-state index in [4.69, 9.17) is 0 Å². The van der Waals surface area contributed by atoms with Crippen molar-refractivity contribution in [3.63, 3.8) is 0 Å². The highest BCUT2D eigenvalue weighted by molar-refractivity contribution is 7.84. The summed E-state index contributed by atoms with van der Waals surface area (Å²) >= 11 is 0. The second kappa shape index (κ2) is 4.76. The van der Waals surface area contributed by atoms with Crippen LogP contribution in [0.3, 0.4) is 0 Å². The average Bonchev–Trinajstić information content (AvgIpc) is 2.73.